The summed E-state index contributed by atoms with van der Waals surface area (Å²) in [6.07, 6.45) is 0.664. The number of hydrogen-bond acceptors (Lipinski definition) is 4. The van der Waals surface area contributed by atoms with Gasteiger partial charge < -0.3 is 9.84 Å². The van der Waals surface area contributed by atoms with E-state index in [-0.39, 0.29) is 26.2 Å². The fraction of sp³-hybridized carbons (Fsp3) is 0.533. The number of nitrogens with zero attached hydrogens (tertiary/aromatic N) is 2. The maximum absolute atomic E-state index is 12.5. The van der Waals surface area contributed by atoms with Crippen LogP contribution in [-0.2, 0) is 15.0 Å². The van der Waals surface area contributed by atoms with Gasteiger partial charge in [-0.05, 0) is 25.0 Å². The molecule has 0 atom stereocenters. The van der Waals surface area contributed by atoms with Crippen LogP contribution in [0.1, 0.15) is 12.8 Å². The number of ether oxygens (including phenoxy) is 1. The number of likely N-dealkylation sites (N-methyl/N-ethyl adjacent to an activating group) is 1. The molecule has 1 aliphatic rings. The molecule has 134 valence electrons. The Balaban J connectivity index is 1.86. The summed E-state index contributed by atoms with van der Waals surface area (Å²) in [6.45, 7) is 0.779. The van der Waals surface area contributed by atoms with Gasteiger partial charge in [0.15, 0.2) is 0 Å². The summed E-state index contributed by atoms with van der Waals surface area (Å²) in [7, 11) is -2.13. The van der Waals surface area contributed by atoms with E-state index in [1.807, 2.05) is 0 Å². The van der Waals surface area contributed by atoms with Gasteiger partial charge in [-0.3, -0.25) is 4.79 Å². The van der Waals surface area contributed by atoms with E-state index in [9.17, 15) is 13.2 Å². The Hall–Kier alpha value is -1.35. The molecular formula is C15H21ClN2O5S. The molecule has 7 nitrogen and oxygen atoms in total. The Morgan fingerprint density at radius 2 is 2.00 bits per heavy atom. The zero-order chi connectivity index (χ0) is 17.7. The number of halogens is 1. The topological polar surface area (TPSA) is 87.2 Å². The first kappa shape index (κ1) is 19.0. The highest BCUT2D eigenvalue weighted by molar-refractivity contribution is 7.86. The van der Waals surface area contributed by atoms with Gasteiger partial charge in [-0.2, -0.15) is 17.0 Å². The molecular weight excluding hydrogens is 356 g/mol. The zero-order valence-electron chi connectivity index (χ0n) is 13.4. The van der Waals surface area contributed by atoms with Gasteiger partial charge in [0, 0.05) is 26.7 Å². The van der Waals surface area contributed by atoms with Crippen LogP contribution < -0.4 is 4.74 Å². The van der Waals surface area contributed by atoms with Gasteiger partial charge in [-0.1, -0.05) is 23.7 Å². The molecule has 1 saturated heterocycles. The van der Waals surface area contributed by atoms with Crippen molar-refractivity contribution < 1.29 is 23.1 Å². The number of carboxylic acids is 1. The van der Waals surface area contributed by atoms with Crippen LogP contribution in [0.4, 0.5) is 0 Å². The number of carboxylic acid groups (broad SMARTS) is 1. The highest BCUT2D eigenvalue weighted by atomic mass is 35.5. The molecule has 0 radical (unpaired) electrons. The van der Waals surface area contributed by atoms with E-state index in [0.717, 1.165) is 0 Å². The van der Waals surface area contributed by atoms with Crippen LogP contribution in [0.15, 0.2) is 24.3 Å². The van der Waals surface area contributed by atoms with Crippen LogP contribution in [-0.4, -0.2) is 61.4 Å². The molecule has 0 spiro atoms. The first-order valence-electron chi connectivity index (χ1n) is 7.64. The Morgan fingerprint density at radius 3 is 2.58 bits per heavy atom. The summed E-state index contributed by atoms with van der Waals surface area (Å²) in [4.78, 5) is 10.9. The lowest BCUT2D eigenvalue weighted by atomic mass is 9.99. The molecule has 1 aromatic carbocycles. The third-order valence-electron chi connectivity index (χ3n) is 4.02. The molecule has 0 saturated carbocycles. The minimum absolute atomic E-state index is 0.172. The van der Waals surface area contributed by atoms with Gasteiger partial charge in [0.1, 0.15) is 12.4 Å². The highest BCUT2D eigenvalue weighted by Gasteiger charge is 2.33. The highest BCUT2D eigenvalue weighted by Crippen LogP contribution is 2.23. The molecule has 1 heterocycles. The molecule has 1 fully saturated rings. The van der Waals surface area contributed by atoms with Crippen molar-refractivity contribution in [1.29, 1.82) is 0 Å². The second-order valence-corrected chi connectivity index (χ2v) is 8.06. The minimum atomic E-state index is -3.61. The summed E-state index contributed by atoms with van der Waals surface area (Å²) in [5, 5.41) is 9.45. The van der Waals surface area contributed by atoms with Gasteiger partial charge in [0.25, 0.3) is 10.2 Å². The number of rotatable bonds is 7. The van der Waals surface area contributed by atoms with Crippen LogP contribution in [0.25, 0.3) is 0 Å². The molecule has 1 aliphatic heterocycles. The summed E-state index contributed by atoms with van der Waals surface area (Å²) < 4.78 is 33.0. The Kier molecular flexibility index (Phi) is 6.45. The van der Waals surface area contributed by atoms with Gasteiger partial charge in [0.05, 0.1) is 10.9 Å². The Labute approximate surface area is 146 Å². The molecule has 0 amide bonds. The quantitative estimate of drug-likeness (QED) is 0.782. The Bertz CT molecular complexity index is 674. The summed E-state index contributed by atoms with van der Waals surface area (Å²) in [6, 6.07) is 6.98. The molecule has 0 aliphatic carbocycles. The zero-order valence-corrected chi connectivity index (χ0v) is 15.0. The second kappa shape index (κ2) is 8.15. The number of para-hydroxylation sites is 1. The fourth-order valence-corrected chi connectivity index (χ4v) is 4.05. The average Bonchev–Trinajstić information content (AvgIpc) is 2.56. The number of carbonyl (C=O) groups is 1. The third-order valence-corrected chi connectivity index (χ3v) is 6.32. The van der Waals surface area contributed by atoms with Crippen molar-refractivity contribution in [2.24, 2.45) is 5.92 Å². The summed E-state index contributed by atoms with van der Waals surface area (Å²) in [5.74, 6) is -0.828. The van der Waals surface area contributed by atoms with E-state index < -0.39 is 22.1 Å². The molecule has 24 heavy (non-hydrogen) atoms. The van der Waals surface area contributed by atoms with Crippen molar-refractivity contribution >= 4 is 27.8 Å². The minimum Gasteiger partial charge on any atom is -0.491 e. The van der Waals surface area contributed by atoms with E-state index >= 15 is 0 Å². The lowest BCUT2D eigenvalue weighted by Gasteiger charge is -2.32. The van der Waals surface area contributed by atoms with Crippen molar-refractivity contribution in [3.05, 3.63) is 29.3 Å². The van der Waals surface area contributed by atoms with Crippen LogP contribution >= 0.6 is 11.6 Å². The molecule has 1 aromatic rings. The third kappa shape index (κ3) is 4.60. The van der Waals surface area contributed by atoms with E-state index in [2.05, 4.69) is 0 Å². The predicted octanol–water partition coefficient (Wildman–Crippen LogP) is 1.69. The fourth-order valence-electron chi connectivity index (χ4n) is 2.49. The Morgan fingerprint density at radius 1 is 1.38 bits per heavy atom. The van der Waals surface area contributed by atoms with Crippen LogP contribution in [0.3, 0.4) is 0 Å². The van der Waals surface area contributed by atoms with E-state index in [0.29, 0.717) is 23.6 Å². The van der Waals surface area contributed by atoms with Gasteiger partial charge in [-0.25, -0.2) is 0 Å². The molecule has 0 unspecified atom stereocenters. The second-order valence-electron chi connectivity index (χ2n) is 5.62. The normalized spacial score (nSPS) is 17.1. The maximum Gasteiger partial charge on any atom is 0.306 e. The molecule has 0 bridgehead atoms. The van der Waals surface area contributed by atoms with Gasteiger partial charge in [-0.15, -0.1) is 0 Å². The van der Waals surface area contributed by atoms with Crippen LogP contribution in [0, 0.1) is 5.92 Å². The van der Waals surface area contributed by atoms with Crippen molar-refractivity contribution in [1.82, 2.24) is 8.61 Å². The van der Waals surface area contributed by atoms with Crippen molar-refractivity contribution in [3.63, 3.8) is 0 Å². The van der Waals surface area contributed by atoms with Gasteiger partial charge in [0.2, 0.25) is 0 Å². The first-order chi connectivity index (χ1) is 11.3. The largest absolute Gasteiger partial charge is 0.491 e. The van der Waals surface area contributed by atoms with Crippen molar-refractivity contribution in [2.75, 3.05) is 33.3 Å². The maximum atomic E-state index is 12.5. The smallest absolute Gasteiger partial charge is 0.306 e. The van der Waals surface area contributed by atoms with E-state index in [1.165, 1.54) is 15.7 Å². The molecule has 1 N–H and O–H groups in total. The predicted molar refractivity (Wildman–Crippen MR) is 90.4 cm³/mol. The monoisotopic (exact) mass is 376 g/mol. The van der Waals surface area contributed by atoms with Crippen LogP contribution in [0.5, 0.6) is 5.75 Å². The van der Waals surface area contributed by atoms with Crippen LogP contribution in [0.2, 0.25) is 5.02 Å². The average molecular weight is 377 g/mol. The standard InChI is InChI=1S/C15H21ClN2O5S/c1-17(10-11-23-14-5-3-2-4-13(14)16)24(21,22)18-8-6-12(7-9-18)15(19)20/h2-5,12H,6-11H2,1H3,(H,19,20). The van der Waals surface area contributed by atoms with Crippen molar-refractivity contribution in [3.8, 4) is 5.75 Å². The van der Waals surface area contributed by atoms with Crippen molar-refractivity contribution in [2.45, 2.75) is 12.8 Å². The van der Waals surface area contributed by atoms with Gasteiger partial charge >= 0.3 is 5.97 Å². The summed E-state index contributed by atoms with van der Waals surface area (Å²) in [5.41, 5.74) is 0. The number of hydrogen-bond donors (Lipinski definition) is 1. The SMILES string of the molecule is CN(CCOc1ccccc1Cl)S(=O)(=O)N1CCC(C(=O)O)CC1. The number of benzene rings is 1. The molecule has 9 heteroatoms. The van der Waals surface area contributed by atoms with E-state index in [4.69, 9.17) is 21.4 Å². The number of aliphatic carboxylic acids is 1. The lowest BCUT2D eigenvalue weighted by molar-refractivity contribution is -0.142. The molecule has 2 rings (SSSR count). The van der Waals surface area contributed by atoms with E-state index in [1.54, 1.807) is 24.3 Å². The summed E-state index contributed by atoms with van der Waals surface area (Å²) >= 11 is 5.98. The molecule has 0 aromatic heterocycles. The first-order valence-corrected chi connectivity index (χ1v) is 9.41. The lowest BCUT2D eigenvalue weighted by Crippen LogP contribution is -2.47. The number of piperidine rings is 1.